The average Bonchev–Trinajstić information content (AvgIpc) is 2.27. The smallest absolute Gasteiger partial charge is 0.309 e. The predicted molar refractivity (Wildman–Crippen MR) is 58.4 cm³/mol. The van der Waals surface area contributed by atoms with Crippen molar-refractivity contribution in [3.63, 3.8) is 0 Å². The first-order valence-corrected chi connectivity index (χ1v) is 5.94. The number of alkyl halides is 3. The van der Waals surface area contributed by atoms with Crippen LogP contribution in [0, 0.1) is 11.8 Å². The molecule has 1 aliphatic carbocycles. The van der Waals surface area contributed by atoms with Gasteiger partial charge in [0, 0.05) is 6.04 Å². The second-order valence-corrected chi connectivity index (χ2v) is 5.10. The van der Waals surface area contributed by atoms with Crippen LogP contribution in [0.5, 0.6) is 0 Å². The van der Waals surface area contributed by atoms with E-state index in [0.29, 0.717) is 5.92 Å². The van der Waals surface area contributed by atoms with Gasteiger partial charge in [-0.25, -0.2) is 0 Å². The van der Waals surface area contributed by atoms with Gasteiger partial charge in [-0.15, -0.1) is 0 Å². The highest BCUT2D eigenvalue weighted by molar-refractivity contribution is 5.28. The molecule has 1 atom stereocenters. The summed E-state index contributed by atoms with van der Waals surface area (Å²) in [5, 5.41) is 3.41. The molecular weight excluding hydrogens is 227 g/mol. The van der Waals surface area contributed by atoms with Crippen LogP contribution in [0.15, 0.2) is 24.3 Å². The first kappa shape index (κ1) is 11.1. The highest BCUT2D eigenvalue weighted by Gasteiger charge is 2.40. The van der Waals surface area contributed by atoms with Gasteiger partial charge >= 0.3 is 6.18 Å². The Labute approximate surface area is 98.0 Å². The van der Waals surface area contributed by atoms with Gasteiger partial charge in [-0.1, -0.05) is 12.1 Å². The summed E-state index contributed by atoms with van der Waals surface area (Å²) >= 11 is 0. The minimum Gasteiger partial charge on any atom is -0.309 e. The molecule has 1 unspecified atom stereocenters. The zero-order chi connectivity index (χ0) is 12.0. The fraction of sp³-hybridized carbons (Fsp3) is 0.538. The highest BCUT2D eigenvalue weighted by Crippen LogP contribution is 2.46. The summed E-state index contributed by atoms with van der Waals surface area (Å²) in [7, 11) is 0. The van der Waals surface area contributed by atoms with Crippen LogP contribution in [0.3, 0.4) is 0 Å². The summed E-state index contributed by atoms with van der Waals surface area (Å²) in [5.41, 5.74) is 0.421. The third-order valence-corrected chi connectivity index (χ3v) is 3.97. The molecule has 2 bridgehead atoms. The third-order valence-electron chi connectivity index (χ3n) is 3.97. The standard InChI is InChI=1S/C13H14F3N/c14-13(15,16)11-3-1-9(2-4-11)12-10-5-8(6-10)7-17-12/h1-4,8,10,12,17H,5-7H2. The quantitative estimate of drug-likeness (QED) is 0.794. The lowest BCUT2D eigenvalue weighted by Crippen LogP contribution is -2.48. The molecule has 0 aromatic heterocycles. The molecule has 17 heavy (non-hydrogen) atoms. The molecule has 3 fully saturated rings. The van der Waals surface area contributed by atoms with Crippen LogP contribution in [0.4, 0.5) is 13.2 Å². The van der Waals surface area contributed by atoms with Crippen molar-refractivity contribution < 1.29 is 13.2 Å². The summed E-state index contributed by atoms with van der Waals surface area (Å²) < 4.78 is 37.3. The van der Waals surface area contributed by atoms with E-state index in [1.807, 2.05) is 0 Å². The van der Waals surface area contributed by atoms with Crippen LogP contribution in [0.1, 0.15) is 30.0 Å². The van der Waals surface area contributed by atoms with Crippen molar-refractivity contribution in [2.45, 2.75) is 25.1 Å². The Morgan fingerprint density at radius 2 is 1.71 bits per heavy atom. The largest absolute Gasteiger partial charge is 0.416 e. The fourth-order valence-electron chi connectivity index (χ4n) is 2.96. The molecule has 1 N–H and O–H groups in total. The Balaban J connectivity index is 1.80. The molecule has 1 aromatic carbocycles. The highest BCUT2D eigenvalue weighted by atomic mass is 19.4. The van der Waals surface area contributed by atoms with Crippen molar-refractivity contribution in [3.8, 4) is 0 Å². The van der Waals surface area contributed by atoms with Gasteiger partial charge in [0.1, 0.15) is 0 Å². The van der Waals surface area contributed by atoms with E-state index in [1.165, 1.54) is 25.0 Å². The number of hydrogen-bond donors (Lipinski definition) is 1. The maximum absolute atomic E-state index is 12.4. The van der Waals surface area contributed by atoms with E-state index in [2.05, 4.69) is 5.32 Å². The third kappa shape index (κ3) is 1.95. The number of nitrogens with one attached hydrogen (secondary N) is 1. The predicted octanol–water partition coefficient (Wildman–Crippen LogP) is 3.38. The van der Waals surface area contributed by atoms with Crippen LogP contribution >= 0.6 is 0 Å². The van der Waals surface area contributed by atoms with Gasteiger partial charge in [0.25, 0.3) is 0 Å². The molecule has 2 heterocycles. The van der Waals surface area contributed by atoms with Crippen molar-refractivity contribution in [1.29, 1.82) is 0 Å². The number of piperidine rings is 2. The Hall–Kier alpha value is -1.03. The summed E-state index contributed by atoms with van der Waals surface area (Å²) in [6.45, 7) is 1.00. The molecule has 3 aliphatic rings. The minimum absolute atomic E-state index is 0.252. The van der Waals surface area contributed by atoms with Gasteiger partial charge in [0.2, 0.25) is 0 Å². The summed E-state index contributed by atoms with van der Waals surface area (Å²) in [4.78, 5) is 0. The second kappa shape index (κ2) is 3.73. The molecule has 92 valence electrons. The zero-order valence-corrected chi connectivity index (χ0v) is 9.30. The molecule has 4 heteroatoms. The first-order valence-electron chi connectivity index (χ1n) is 5.94. The maximum atomic E-state index is 12.4. The Bertz CT molecular complexity index is 401. The zero-order valence-electron chi connectivity index (χ0n) is 9.30. The number of hydrogen-bond acceptors (Lipinski definition) is 1. The molecule has 1 nitrogen and oxygen atoms in total. The fourth-order valence-corrected chi connectivity index (χ4v) is 2.96. The molecule has 0 spiro atoms. The molecule has 4 rings (SSSR count). The van der Waals surface area contributed by atoms with Crippen molar-refractivity contribution in [3.05, 3.63) is 35.4 Å². The van der Waals surface area contributed by atoms with Crippen molar-refractivity contribution in [1.82, 2.24) is 5.32 Å². The average molecular weight is 241 g/mol. The molecule has 2 aliphatic heterocycles. The maximum Gasteiger partial charge on any atom is 0.416 e. The van der Waals surface area contributed by atoms with E-state index >= 15 is 0 Å². The van der Waals surface area contributed by atoms with E-state index in [0.717, 1.165) is 18.0 Å². The second-order valence-electron chi connectivity index (χ2n) is 5.10. The Morgan fingerprint density at radius 3 is 2.18 bits per heavy atom. The van der Waals surface area contributed by atoms with E-state index < -0.39 is 11.7 Å². The van der Waals surface area contributed by atoms with Crippen molar-refractivity contribution in [2.24, 2.45) is 11.8 Å². The van der Waals surface area contributed by atoms with Gasteiger partial charge < -0.3 is 5.32 Å². The van der Waals surface area contributed by atoms with E-state index in [-0.39, 0.29) is 6.04 Å². The van der Waals surface area contributed by atoms with Gasteiger partial charge in [-0.2, -0.15) is 13.2 Å². The van der Waals surface area contributed by atoms with Gasteiger partial charge in [-0.05, 0) is 48.9 Å². The Kier molecular flexibility index (Phi) is 2.43. The van der Waals surface area contributed by atoms with Crippen LogP contribution in [0.25, 0.3) is 0 Å². The Morgan fingerprint density at radius 1 is 1.06 bits per heavy atom. The first-order chi connectivity index (χ1) is 8.04. The number of rotatable bonds is 1. The summed E-state index contributed by atoms with van der Waals surface area (Å²) in [6, 6.07) is 5.84. The SMILES string of the molecule is FC(F)(F)c1ccc(C2NCC3CC2C3)cc1. The number of benzene rings is 1. The number of halogens is 3. The van der Waals surface area contributed by atoms with E-state index in [1.54, 1.807) is 12.1 Å². The van der Waals surface area contributed by atoms with Crippen LogP contribution in [-0.2, 0) is 6.18 Å². The van der Waals surface area contributed by atoms with E-state index in [4.69, 9.17) is 0 Å². The normalized spacial score (nSPS) is 32.1. The molecule has 0 amide bonds. The molecule has 1 aromatic rings. The lowest BCUT2D eigenvalue weighted by molar-refractivity contribution is -0.137. The molecule has 1 saturated carbocycles. The number of fused-ring (bicyclic) bond motifs is 2. The molecule has 0 radical (unpaired) electrons. The van der Waals surface area contributed by atoms with Crippen molar-refractivity contribution in [2.75, 3.05) is 6.54 Å². The van der Waals surface area contributed by atoms with Gasteiger partial charge in [0.05, 0.1) is 5.56 Å². The monoisotopic (exact) mass is 241 g/mol. The lowest BCUT2D eigenvalue weighted by Gasteiger charge is -2.47. The van der Waals surface area contributed by atoms with Crippen LogP contribution in [0.2, 0.25) is 0 Å². The molecule has 2 saturated heterocycles. The molecular formula is C13H14F3N. The lowest BCUT2D eigenvalue weighted by atomic mass is 9.66. The van der Waals surface area contributed by atoms with Crippen LogP contribution in [-0.4, -0.2) is 6.54 Å². The summed E-state index contributed by atoms with van der Waals surface area (Å²) in [6.07, 6.45) is -1.79. The van der Waals surface area contributed by atoms with Crippen LogP contribution < -0.4 is 5.32 Å². The summed E-state index contributed by atoms with van der Waals surface area (Å²) in [5.74, 6) is 1.41. The van der Waals surface area contributed by atoms with Gasteiger partial charge in [-0.3, -0.25) is 0 Å². The van der Waals surface area contributed by atoms with E-state index in [9.17, 15) is 13.2 Å². The topological polar surface area (TPSA) is 12.0 Å². The minimum atomic E-state index is -4.24. The van der Waals surface area contributed by atoms with Gasteiger partial charge in [0.15, 0.2) is 0 Å². The van der Waals surface area contributed by atoms with Crippen molar-refractivity contribution >= 4 is 0 Å².